The summed E-state index contributed by atoms with van der Waals surface area (Å²) in [6.07, 6.45) is 1.50. The third kappa shape index (κ3) is 3.51. The van der Waals surface area contributed by atoms with Crippen LogP contribution in [0.1, 0.15) is 25.0 Å². The molecule has 1 aliphatic carbocycles. The predicted octanol–water partition coefficient (Wildman–Crippen LogP) is 1.81. The number of aliphatic hydroxyl groups is 1. The smallest absolute Gasteiger partial charge is 0.317 e. The van der Waals surface area contributed by atoms with E-state index in [4.69, 9.17) is 0 Å². The fraction of sp³-hybridized carbons (Fsp3) is 0.562. The molecule has 1 aliphatic rings. The fourth-order valence-corrected chi connectivity index (χ4v) is 2.91. The van der Waals surface area contributed by atoms with Gasteiger partial charge in [-0.25, -0.2) is 4.79 Å². The highest BCUT2D eigenvalue weighted by molar-refractivity contribution is 5.73. The third-order valence-electron chi connectivity index (χ3n) is 3.90. The number of carbonyl (C=O) groups is 1. The van der Waals surface area contributed by atoms with E-state index >= 15 is 0 Å². The Bertz CT molecular complexity index is 460. The summed E-state index contributed by atoms with van der Waals surface area (Å²) < 4.78 is 0. The number of likely N-dealkylation sites (N-methyl/N-ethyl adjacent to an activating group) is 1. The topological polar surface area (TPSA) is 52.6 Å². The molecular weight excluding hydrogens is 252 g/mol. The Labute approximate surface area is 120 Å². The molecule has 1 atom stereocenters. The summed E-state index contributed by atoms with van der Waals surface area (Å²) in [4.78, 5) is 13.5. The first-order valence-corrected chi connectivity index (χ1v) is 7.13. The Balaban J connectivity index is 1.88. The molecule has 2 rings (SSSR count). The maximum atomic E-state index is 12.0. The van der Waals surface area contributed by atoms with Gasteiger partial charge in [-0.3, -0.25) is 0 Å². The second-order valence-electron chi connectivity index (χ2n) is 6.32. The number of hydrogen-bond donors (Lipinski definition) is 2. The summed E-state index contributed by atoms with van der Waals surface area (Å²) in [5.74, 6) is 0. The van der Waals surface area contributed by atoms with Gasteiger partial charge in [0.2, 0.25) is 0 Å². The van der Waals surface area contributed by atoms with Crippen molar-refractivity contribution >= 4 is 6.03 Å². The van der Waals surface area contributed by atoms with Gasteiger partial charge in [0.25, 0.3) is 0 Å². The number of fused-ring (bicyclic) bond motifs is 1. The lowest BCUT2D eigenvalue weighted by Gasteiger charge is -2.26. The lowest BCUT2D eigenvalue weighted by molar-refractivity contribution is 0.142. The Morgan fingerprint density at radius 1 is 1.40 bits per heavy atom. The molecule has 0 radical (unpaired) electrons. The SMILES string of the molecule is CC(O)CN(C)C(=O)NCC1(C)Cc2ccccc2C1. The summed E-state index contributed by atoms with van der Waals surface area (Å²) in [5, 5.41) is 12.3. The second kappa shape index (κ2) is 5.83. The van der Waals surface area contributed by atoms with Gasteiger partial charge in [0.1, 0.15) is 0 Å². The number of hydrogen-bond acceptors (Lipinski definition) is 2. The van der Waals surface area contributed by atoms with Crippen molar-refractivity contribution < 1.29 is 9.90 Å². The summed E-state index contributed by atoms with van der Waals surface area (Å²) in [7, 11) is 1.70. The summed E-state index contributed by atoms with van der Waals surface area (Å²) >= 11 is 0. The molecule has 4 nitrogen and oxygen atoms in total. The Morgan fingerprint density at radius 3 is 2.45 bits per heavy atom. The van der Waals surface area contributed by atoms with Crippen molar-refractivity contribution in [1.29, 1.82) is 0 Å². The van der Waals surface area contributed by atoms with Crippen LogP contribution < -0.4 is 5.32 Å². The monoisotopic (exact) mass is 276 g/mol. The lowest BCUT2D eigenvalue weighted by Crippen LogP contribution is -2.44. The number of benzene rings is 1. The summed E-state index contributed by atoms with van der Waals surface area (Å²) in [6.45, 7) is 4.90. The Kier molecular flexibility index (Phi) is 4.33. The number of carbonyl (C=O) groups excluding carboxylic acids is 1. The molecule has 2 N–H and O–H groups in total. The average Bonchev–Trinajstić information content (AvgIpc) is 2.71. The van der Waals surface area contributed by atoms with Gasteiger partial charge in [-0.05, 0) is 36.3 Å². The van der Waals surface area contributed by atoms with Gasteiger partial charge in [0.05, 0.1) is 6.10 Å². The minimum Gasteiger partial charge on any atom is -0.392 e. The van der Waals surface area contributed by atoms with E-state index in [9.17, 15) is 9.90 Å². The van der Waals surface area contributed by atoms with Crippen LogP contribution in [0.4, 0.5) is 4.79 Å². The van der Waals surface area contributed by atoms with E-state index < -0.39 is 6.10 Å². The first-order valence-electron chi connectivity index (χ1n) is 7.13. The molecule has 110 valence electrons. The fourth-order valence-electron chi connectivity index (χ4n) is 2.91. The molecule has 0 saturated heterocycles. The number of amides is 2. The summed E-state index contributed by atoms with van der Waals surface area (Å²) in [6, 6.07) is 8.35. The molecule has 20 heavy (non-hydrogen) atoms. The third-order valence-corrected chi connectivity index (χ3v) is 3.90. The van der Waals surface area contributed by atoms with Crippen LogP contribution in [0.25, 0.3) is 0 Å². The minimum atomic E-state index is -0.503. The molecule has 4 heteroatoms. The highest BCUT2D eigenvalue weighted by atomic mass is 16.3. The van der Waals surface area contributed by atoms with Gasteiger partial charge in [0.15, 0.2) is 0 Å². The Hall–Kier alpha value is -1.55. The van der Waals surface area contributed by atoms with Gasteiger partial charge >= 0.3 is 6.03 Å². The van der Waals surface area contributed by atoms with Gasteiger partial charge in [-0.1, -0.05) is 31.2 Å². The van der Waals surface area contributed by atoms with Gasteiger partial charge in [-0.2, -0.15) is 0 Å². The van der Waals surface area contributed by atoms with Crippen molar-refractivity contribution in [2.24, 2.45) is 5.41 Å². The molecule has 0 spiro atoms. The van der Waals surface area contributed by atoms with E-state index in [0.29, 0.717) is 13.1 Å². The van der Waals surface area contributed by atoms with Crippen LogP contribution in [-0.4, -0.2) is 42.3 Å². The van der Waals surface area contributed by atoms with Crippen molar-refractivity contribution in [2.45, 2.75) is 32.8 Å². The van der Waals surface area contributed by atoms with Crippen LogP contribution in [0.5, 0.6) is 0 Å². The van der Waals surface area contributed by atoms with E-state index in [2.05, 4.69) is 36.5 Å². The highest BCUT2D eigenvalue weighted by Gasteiger charge is 2.33. The normalized spacial score (nSPS) is 17.4. The highest BCUT2D eigenvalue weighted by Crippen LogP contribution is 2.35. The zero-order valence-electron chi connectivity index (χ0n) is 12.5. The van der Waals surface area contributed by atoms with Crippen LogP contribution in [0.15, 0.2) is 24.3 Å². The summed E-state index contributed by atoms with van der Waals surface area (Å²) in [5.41, 5.74) is 2.87. The molecule has 1 unspecified atom stereocenters. The van der Waals surface area contributed by atoms with E-state index in [1.54, 1.807) is 14.0 Å². The van der Waals surface area contributed by atoms with Gasteiger partial charge in [0, 0.05) is 20.1 Å². The quantitative estimate of drug-likeness (QED) is 0.881. The van der Waals surface area contributed by atoms with Crippen molar-refractivity contribution in [3.8, 4) is 0 Å². The van der Waals surface area contributed by atoms with Crippen molar-refractivity contribution in [1.82, 2.24) is 10.2 Å². The second-order valence-corrected chi connectivity index (χ2v) is 6.32. The molecule has 1 aromatic carbocycles. The van der Waals surface area contributed by atoms with E-state index in [0.717, 1.165) is 12.8 Å². The van der Waals surface area contributed by atoms with Crippen LogP contribution in [0.3, 0.4) is 0 Å². The Morgan fingerprint density at radius 2 is 1.95 bits per heavy atom. The molecule has 0 fully saturated rings. The van der Waals surface area contributed by atoms with Crippen molar-refractivity contribution in [2.75, 3.05) is 20.1 Å². The van der Waals surface area contributed by atoms with Crippen LogP contribution in [0, 0.1) is 5.41 Å². The van der Waals surface area contributed by atoms with E-state index in [1.807, 2.05) is 0 Å². The molecule has 0 saturated carbocycles. The van der Waals surface area contributed by atoms with Crippen LogP contribution in [-0.2, 0) is 12.8 Å². The number of nitrogens with one attached hydrogen (secondary N) is 1. The van der Waals surface area contributed by atoms with Crippen molar-refractivity contribution in [3.63, 3.8) is 0 Å². The minimum absolute atomic E-state index is 0.0883. The average molecular weight is 276 g/mol. The van der Waals surface area contributed by atoms with Crippen molar-refractivity contribution in [3.05, 3.63) is 35.4 Å². The zero-order valence-corrected chi connectivity index (χ0v) is 12.5. The molecule has 0 bridgehead atoms. The number of nitrogens with zero attached hydrogens (tertiary/aromatic N) is 1. The predicted molar refractivity (Wildman–Crippen MR) is 79.7 cm³/mol. The zero-order chi connectivity index (χ0) is 14.8. The maximum Gasteiger partial charge on any atom is 0.317 e. The number of urea groups is 1. The number of aliphatic hydroxyl groups excluding tert-OH is 1. The first kappa shape index (κ1) is 14.9. The largest absolute Gasteiger partial charge is 0.392 e. The molecule has 2 amide bonds. The maximum absolute atomic E-state index is 12.0. The van der Waals surface area contributed by atoms with Gasteiger partial charge < -0.3 is 15.3 Å². The molecule has 0 aliphatic heterocycles. The first-order chi connectivity index (χ1) is 9.39. The standard InChI is InChI=1S/C16H24N2O2/c1-12(19)10-18(3)15(20)17-11-16(2)8-13-6-4-5-7-14(13)9-16/h4-7,12,19H,8-11H2,1-3H3,(H,17,20). The van der Waals surface area contributed by atoms with E-state index in [-0.39, 0.29) is 11.4 Å². The van der Waals surface area contributed by atoms with E-state index in [1.165, 1.54) is 16.0 Å². The van der Waals surface area contributed by atoms with Crippen LogP contribution >= 0.6 is 0 Å². The molecule has 1 aromatic rings. The number of rotatable bonds is 4. The molecule has 0 aromatic heterocycles. The van der Waals surface area contributed by atoms with Crippen LogP contribution in [0.2, 0.25) is 0 Å². The molecular formula is C16H24N2O2. The molecule has 0 heterocycles. The van der Waals surface area contributed by atoms with Gasteiger partial charge in [-0.15, -0.1) is 0 Å². The lowest BCUT2D eigenvalue weighted by atomic mass is 9.87.